The number of para-hydroxylation sites is 1. The SMILES string of the molecule is CCC(C)NS(=O)(=O)c1csc(C(=O)Nc2ccccc2C)c1. The monoisotopic (exact) mass is 352 g/mol. The lowest BCUT2D eigenvalue weighted by Crippen LogP contribution is -2.31. The van der Waals surface area contributed by atoms with Crippen LogP contribution in [0.1, 0.15) is 35.5 Å². The predicted octanol–water partition coefficient (Wildman–Crippen LogP) is 3.39. The van der Waals surface area contributed by atoms with Crippen molar-refractivity contribution >= 4 is 33.0 Å². The average molecular weight is 352 g/mol. The fourth-order valence-corrected chi connectivity index (χ4v) is 4.39. The van der Waals surface area contributed by atoms with Crippen LogP contribution in [0.3, 0.4) is 0 Å². The number of hydrogen-bond donors (Lipinski definition) is 2. The molecule has 0 spiro atoms. The number of anilines is 1. The van der Waals surface area contributed by atoms with Crippen molar-refractivity contribution in [2.75, 3.05) is 5.32 Å². The molecule has 0 bridgehead atoms. The van der Waals surface area contributed by atoms with Crippen LogP contribution in [0.25, 0.3) is 0 Å². The molecule has 0 radical (unpaired) electrons. The van der Waals surface area contributed by atoms with Crippen LogP contribution in [0.5, 0.6) is 0 Å². The van der Waals surface area contributed by atoms with E-state index in [0.29, 0.717) is 17.0 Å². The third-order valence-electron chi connectivity index (χ3n) is 3.47. The molecule has 1 aromatic heterocycles. The van der Waals surface area contributed by atoms with E-state index < -0.39 is 10.0 Å². The molecule has 0 aliphatic rings. The number of aryl methyl sites for hydroxylation is 1. The molecule has 5 nitrogen and oxygen atoms in total. The number of carbonyl (C=O) groups excluding carboxylic acids is 1. The normalized spacial score (nSPS) is 12.8. The highest BCUT2D eigenvalue weighted by atomic mass is 32.2. The molecule has 1 atom stereocenters. The minimum absolute atomic E-state index is 0.123. The molecule has 0 fully saturated rings. The van der Waals surface area contributed by atoms with Gasteiger partial charge < -0.3 is 5.32 Å². The number of nitrogens with one attached hydrogen (secondary N) is 2. The molecule has 1 amide bonds. The Kier molecular flexibility index (Phi) is 5.56. The zero-order valence-electron chi connectivity index (χ0n) is 13.3. The largest absolute Gasteiger partial charge is 0.321 e. The zero-order chi connectivity index (χ0) is 17.0. The molecule has 2 aromatic rings. The van der Waals surface area contributed by atoms with Crippen molar-refractivity contribution in [1.82, 2.24) is 4.72 Å². The van der Waals surface area contributed by atoms with Crippen molar-refractivity contribution < 1.29 is 13.2 Å². The number of carbonyl (C=O) groups is 1. The molecular formula is C16H20N2O3S2. The summed E-state index contributed by atoms with van der Waals surface area (Å²) in [7, 11) is -3.58. The molecule has 0 aliphatic carbocycles. The molecule has 0 saturated carbocycles. The standard InChI is InChI=1S/C16H20N2O3S2/c1-4-12(3)18-23(20,21)13-9-15(22-10-13)16(19)17-14-8-6-5-7-11(14)2/h5-10,12,18H,4H2,1-3H3,(H,17,19). The van der Waals surface area contributed by atoms with Crippen molar-refractivity contribution in [1.29, 1.82) is 0 Å². The third kappa shape index (κ3) is 4.40. The van der Waals surface area contributed by atoms with E-state index in [9.17, 15) is 13.2 Å². The van der Waals surface area contributed by atoms with Gasteiger partial charge in [0.1, 0.15) is 0 Å². The Morgan fingerprint density at radius 3 is 2.65 bits per heavy atom. The lowest BCUT2D eigenvalue weighted by molar-refractivity contribution is 0.103. The Bertz CT molecular complexity index is 797. The highest BCUT2D eigenvalue weighted by Gasteiger charge is 2.20. The molecule has 0 saturated heterocycles. The van der Waals surface area contributed by atoms with E-state index in [0.717, 1.165) is 16.9 Å². The van der Waals surface area contributed by atoms with Crippen LogP contribution >= 0.6 is 11.3 Å². The summed E-state index contributed by atoms with van der Waals surface area (Å²) in [5.74, 6) is -0.311. The number of amides is 1. The summed E-state index contributed by atoms with van der Waals surface area (Å²) < 4.78 is 27.0. The van der Waals surface area contributed by atoms with Crippen LogP contribution in [-0.2, 0) is 10.0 Å². The molecule has 0 aliphatic heterocycles. The zero-order valence-corrected chi connectivity index (χ0v) is 14.9. The number of hydrogen-bond acceptors (Lipinski definition) is 4. The van der Waals surface area contributed by atoms with E-state index >= 15 is 0 Å². The first-order valence-electron chi connectivity index (χ1n) is 7.31. The van der Waals surface area contributed by atoms with E-state index in [4.69, 9.17) is 0 Å². The molecule has 2 rings (SSSR count). The summed E-state index contributed by atoms with van der Waals surface area (Å²) >= 11 is 1.11. The van der Waals surface area contributed by atoms with Gasteiger partial charge in [0.05, 0.1) is 9.77 Å². The topological polar surface area (TPSA) is 75.3 Å². The second-order valence-electron chi connectivity index (χ2n) is 5.35. The van der Waals surface area contributed by atoms with Crippen LogP contribution in [-0.4, -0.2) is 20.4 Å². The maximum Gasteiger partial charge on any atom is 0.265 e. The highest BCUT2D eigenvalue weighted by molar-refractivity contribution is 7.89. The van der Waals surface area contributed by atoms with Crippen LogP contribution in [0.4, 0.5) is 5.69 Å². The summed E-state index contributed by atoms with van der Waals surface area (Å²) in [6.07, 6.45) is 0.698. The van der Waals surface area contributed by atoms with Gasteiger partial charge in [0.2, 0.25) is 10.0 Å². The van der Waals surface area contributed by atoms with Gasteiger partial charge in [-0.3, -0.25) is 4.79 Å². The second-order valence-corrected chi connectivity index (χ2v) is 7.97. The minimum Gasteiger partial charge on any atom is -0.321 e. The Morgan fingerprint density at radius 1 is 1.30 bits per heavy atom. The molecule has 2 N–H and O–H groups in total. The first kappa shape index (κ1) is 17.7. The van der Waals surface area contributed by atoms with Crippen molar-refractivity contribution in [3.63, 3.8) is 0 Å². The molecule has 7 heteroatoms. The summed E-state index contributed by atoms with van der Waals surface area (Å²) in [6, 6.07) is 8.69. The molecule has 1 unspecified atom stereocenters. The lowest BCUT2D eigenvalue weighted by Gasteiger charge is -2.10. The quantitative estimate of drug-likeness (QED) is 0.837. The van der Waals surface area contributed by atoms with Crippen molar-refractivity contribution in [3.05, 3.63) is 46.2 Å². The molecule has 1 heterocycles. The predicted molar refractivity (Wildman–Crippen MR) is 93.5 cm³/mol. The Morgan fingerprint density at radius 2 is 2.00 bits per heavy atom. The van der Waals surface area contributed by atoms with Gasteiger partial charge in [0, 0.05) is 17.1 Å². The summed E-state index contributed by atoms with van der Waals surface area (Å²) in [5, 5.41) is 4.28. The average Bonchev–Trinajstić information content (AvgIpc) is 3.00. The summed E-state index contributed by atoms with van der Waals surface area (Å²) in [5.41, 5.74) is 1.66. The number of sulfonamides is 1. The van der Waals surface area contributed by atoms with Gasteiger partial charge in [0.25, 0.3) is 5.91 Å². The van der Waals surface area contributed by atoms with Crippen molar-refractivity contribution in [2.24, 2.45) is 0 Å². The number of thiophene rings is 1. The Labute approximate surface area is 140 Å². The van der Waals surface area contributed by atoms with E-state index in [2.05, 4.69) is 10.0 Å². The van der Waals surface area contributed by atoms with Gasteiger partial charge in [0.15, 0.2) is 0 Å². The van der Waals surface area contributed by atoms with Gasteiger partial charge in [-0.15, -0.1) is 11.3 Å². The fourth-order valence-electron chi connectivity index (χ4n) is 1.89. The lowest BCUT2D eigenvalue weighted by atomic mass is 10.2. The van der Waals surface area contributed by atoms with Crippen LogP contribution in [0.15, 0.2) is 40.6 Å². The smallest absolute Gasteiger partial charge is 0.265 e. The summed E-state index contributed by atoms with van der Waals surface area (Å²) in [4.78, 5) is 12.8. The molecular weight excluding hydrogens is 332 g/mol. The van der Waals surface area contributed by atoms with Crippen molar-refractivity contribution in [2.45, 2.75) is 38.1 Å². The van der Waals surface area contributed by atoms with E-state index in [1.54, 1.807) is 6.92 Å². The van der Waals surface area contributed by atoms with E-state index in [-0.39, 0.29) is 16.8 Å². The molecule has 124 valence electrons. The first-order valence-corrected chi connectivity index (χ1v) is 9.67. The van der Waals surface area contributed by atoms with Crippen LogP contribution in [0, 0.1) is 6.92 Å². The maximum atomic E-state index is 12.3. The summed E-state index contributed by atoms with van der Waals surface area (Å²) in [6.45, 7) is 5.60. The minimum atomic E-state index is -3.58. The fraction of sp³-hybridized carbons (Fsp3) is 0.312. The number of benzene rings is 1. The van der Waals surface area contributed by atoms with E-state index in [1.165, 1.54) is 11.4 Å². The van der Waals surface area contributed by atoms with Gasteiger partial charge in [-0.2, -0.15) is 0 Å². The highest BCUT2D eigenvalue weighted by Crippen LogP contribution is 2.22. The van der Waals surface area contributed by atoms with Crippen LogP contribution < -0.4 is 10.0 Å². The first-order chi connectivity index (χ1) is 10.8. The Balaban J connectivity index is 2.16. The van der Waals surface area contributed by atoms with Crippen LogP contribution in [0.2, 0.25) is 0 Å². The molecule has 1 aromatic carbocycles. The van der Waals surface area contributed by atoms with Gasteiger partial charge in [-0.25, -0.2) is 13.1 Å². The third-order valence-corrected chi connectivity index (χ3v) is 6.12. The van der Waals surface area contributed by atoms with Crippen molar-refractivity contribution in [3.8, 4) is 0 Å². The van der Waals surface area contributed by atoms with Gasteiger partial charge >= 0.3 is 0 Å². The molecule has 23 heavy (non-hydrogen) atoms. The van der Waals surface area contributed by atoms with E-state index in [1.807, 2.05) is 38.1 Å². The number of rotatable bonds is 6. The second kappa shape index (κ2) is 7.25. The van der Waals surface area contributed by atoms with Gasteiger partial charge in [-0.1, -0.05) is 25.1 Å². The van der Waals surface area contributed by atoms with Gasteiger partial charge in [-0.05, 0) is 38.0 Å². The Hall–Kier alpha value is -1.70. The maximum absolute atomic E-state index is 12.3.